The van der Waals surface area contributed by atoms with Crippen LogP contribution in [0, 0.1) is 5.92 Å². The Hall–Kier alpha value is -0.980. The van der Waals surface area contributed by atoms with E-state index in [-0.39, 0.29) is 6.04 Å². The van der Waals surface area contributed by atoms with Gasteiger partial charge >= 0.3 is 6.18 Å². The third-order valence-electron chi connectivity index (χ3n) is 2.65. The molecule has 0 aromatic carbocycles. The first-order valence-electron chi connectivity index (χ1n) is 6.12. The minimum Gasteiger partial charge on any atom is -0.370 e. The number of nitrogens with zero attached hydrogens (tertiary/aromatic N) is 2. The molecule has 0 aliphatic carbocycles. The Morgan fingerprint density at radius 3 is 2.72 bits per heavy atom. The average Bonchev–Trinajstić information content (AvgIpc) is 2.59. The highest BCUT2D eigenvalue weighted by atomic mass is 19.4. The average molecular weight is 266 g/mol. The minimum atomic E-state index is -4.13. The molecule has 1 atom stereocenters. The van der Waals surface area contributed by atoms with Crippen molar-refractivity contribution in [3.8, 4) is 0 Å². The molecule has 1 heterocycles. The van der Waals surface area contributed by atoms with E-state index in [1.165, 1.54) is 4.90 Å². The van der Waals surface area contributed by atoms with Crippen molar-refractivity contribution in [1.82, 2.24) is 10.2 Å². The normalized spacial score (nSPS) is 22.8. The van der Waals surface area contributed by atoms with Gasteiger partial charge in [0.25, 0.3) is 0 Å². The number of aliphatic imine (C=N–C) groups is 1. The lowest BCUT2D eigenvalue weighted by molar-refractivity contribution is -0.143. The van der Waals surface area contributed by atoms with E-state index in [0.29, 0.717) is 37.9 Å². The molecule has 0 aromatic heterocycles. The van der Waals surface area contributed by atoms with Gasteiger partial charge in [-0.15, -0.1) is 0 Å². The van der Waals surface area contributed by atoms with Crippen molar-refractivity contribution < 1.29 is 13.2 Å². The molecule has 7 heteroatoms. The number of halogens is 3. The number of alkyl halides is 3. The minimum absolute atomic E-state index is 0.0386. The lowest BCUT2D eigenvalue weighted by Crippen LogP contribution is -2.42. The number of nitrogens with two attached hydrogens (primary N) is 1. The van der Waals surface area contributed by atoms with Crippen LogP contribution in [0.15, 0.2) is 4.99 Å². The molecule has 0 saturated carbocycles. The Balaban J connectivity index is 2.32. The van der Waals surface area contributed by atoms with Crippen LogP contribution in [0.4, 0.5) is 13.2 Å². The maximum atomic E-state index is 12.2. The van der Waals surface area contributed by atoms with Crippen LogP contribution in [0.2, 0.25) is 0 Å². The second-order valence-electron chi connectivity index (χ2n) is 5.10. The molecule has 0 bridgehead atoms. The Morgan fingerprint density at radius 2 is 2.17 bits per heavy atom. The van der Waals surface area contributed by atoms with Crippen molar-refractivity contribution in [2.75, 3.05) is 26.2 Å². The summed E-state index contributed by atoms with van der Waals surface area (Å²) in [5.74, 6) is 0.734. The molecule has 18 heavy (non-hydrogen) atoms. The molecule has 0 aromatic rings. The van der Waals surface area contributed by atoms with E-state index in [4.69, 9.17) is 5.73 Å². The Labute approximate surface area is 105 Å². The number of nitrogens with one attached hydrogen (secondary N) is 1. The van der Waals surface area contributed by atoms with Crippen molar-refractivity contribution in [1.29, 1.82) is 0 Å². The number of hydrogen-bond donors (Lipinski definition) is 2. The van der Waals surface area contributed by atoms with Gasteiger partial charge in [0.1, 0.15) is 0 Å². The van der Waals surface area contributed by atoms with Crippen molar-refractivity contribution in [3.63, 3.8) is 0 Å². The van der Waals surface area contributed by atoms with Gasteiger partial charge in [0, 0.05) is 25.7 Å². The van der Waals surface area contributed by atoms with Crippen molar-refractivity contribution in [2.45, 2.75) is 32.5 Å². The predicted octanol–water partition coefficient (Wildman–Crippen LogP) is 1.18. The zero-order chi connectivity index (χ0) is 13.8. The number of hydrogen-bond acceptors (Lipinski definition) is 2. The molecule has 106 valence electrons. The van der Waals surface area contributed by atoms with Crippen LogP contribution in [0.5, 0.6) is 0 Å². The summed E-state index contributed by atoms with van der Waals surface area (Å²) in [6.45, 7) is 4.62. The van der Waals surface area contributed by atoms with Gasteiger partial charge in [-0.3, -0.25) is 9.89 Å². The highest BCUT2D eigenvalue weighted by Gasteiger charge is 2.34. The van der Waals surface area contributed by atoms with Crippen LogP contribution < -0.4 is 11.1 Å². The lowest BCUT2D eigenvalue weighted by Gasteiger charge is -2.18. The molecule has 1 aliphatic heterocycles. The fourth-order valence-corrected chi connectivity index (χ4v) is 1.88. The van der Waals surface area contributed by atoms with Crippen molar-refractivity contribution >= 4 is 5.96 Å². The fourth-order valence-electron chi connectivity index (χ4n) is 1.88. The first-order valence-corrected chi connectivity index (χ1v) is 6.12. The predicted molar refractivity (Wildman–Crippen MR) is 65.4 cm³/mol. The fraction of sp³-hybridized carbons (Fsp3) is 0.909. The van der Waals surface area contributed by atoms with E-state index in [1.54, 1.807) is 0 Å². The van der Waals surface area contributed by atoms with Gasteiger partial charge in [0.05, 0.1) is 6.54 Å². The summed E-state index contributed by atoms with van der Waals surface area (Å²) in [4.78, 5) is 5.51. The summed E-state index contributed by atoms with van der Waals surface area (Å²) in [5, 5.41) is 2.97. The lowest BCUT2D eigenvalue weighted by atomic mass is 10.2. The summed E-state index contributed by atoms with van der Waals surface area (Å²) in [6.07, 6.45) is -3.47. The molecule has 1 fully saturated rings. The summed E-state index contributed by atoms with van der Waals surface area (Å²) in [7, 11) is 0. The zero-order valence-electron chi connectivity index (χ0n) is 10.8. The quantitative estimate of drug-likeness (QED) is 0.593. The standard InChI is InChI=1S/C11H21F3N4/c1-8(2)5-16-10(15)17-9-3-4-18(6-9)7-11(12,13)14/h8-9H,3-7H2,1-2H3,(H3,15,16,17). The molecular weight excluding hydrogens is 245 g/mol. The molecule has 1 rings (SSSR count). The molecule has 1 aliphatic rings. The first kappa shape index (κ1) is 15.1. The van der Waals surface area contributed by atoms with E-state index < -0.39 is 12.7 Å². The van der Waals surface area contributed by atoms with Gasteiger partial charge in [-0.25, -0.2) is 0 Å². The van der Waals surface area contributed by atoms with E-state index in [9.17, 15) is 13.2 Å². The molecule has 0 radical (unpaired) electrons. The molecule has 1 unspecified atom stereocenters. The first-order chi connectivity index (χ1) is 8.26. The highest BCUT2D eigenvalue weighted by molar-refractivity contribution is 5.78. The maximum Gasteiger partial charge on any atom is 0.401 e. The maximum absolute atomic E-state index is 12.2. The van der Waals surface area contributed by atoms with E-state index in [2.05, 4.69) is 10.3 Å². The third-order valence-corrected chi connectivity index (χ3v) is 2.65. The van der Waals surface area contributed by atoms with E-state index in [0.717, 1.165) is 0 Å². The topological polar surface area (TPSA) is 53.6 Å². The van der Waals surface area contributed by atoms with E-state index in [1.807, 2.05) is 13.8 Å². The molecule has 3 N–H and O–H groups in total. The second kappa shape index (κ2) is 6.26. The monoisotopic (exact) mass is 266 g/mol. The van der Waals surface area contributed by atoms with Crippen LogP contribution in [-0.2, 0) is 0 Å². The van der Waals surface area contributed by atoms with Crippen molar-refractivity contribution in [3.05, 3.63) is 0 Å². The summed E-state index contributed by atoms with van der Waals surface area (Å²) in [5.41, 5.74) is 5.67. The van der Waals surface area contributed by atoms with Gasteiger partial charge in [-0.2, -0.15) is 13.2 Å². The third kappa shape index (κ3) is 6.09. The van der Waals surface area contributed by atoms with Crippen LogP contribution >= 0.6 is 0 Å². The van der Waals surface area contributed by atoms with Crippen LogP contribution in [0.1, 0.15) is 20.3 Å². The van der Waals surface area contributed by atoms with Gasteiger partial charge < -0.3 is 11.1 Å². The molecule has 1 saturated heterocycles. The number of guanidine groups is 1. The van der Waals surface area contributed by atoms with Gasteiger partial charge in [0.2, 0.25) is 0 Å². The number of likely N-dealkylation sites (tertiary alicyclic amines) is 1. The molecule has 0 spiro atoms. The molecular formula is C11H21F3N4. The van der Waals surface area contributed by atoms with Gasteiger partial charge in [0.15, 0.2) is 5.96 Å². The highest BCUT2D eigenvalue weighted by Crippen LogP contribution is 2.19. The number of rotatable bonds is 4. The Bertz CT molecular complexity index is 289. The molecule has 0 amide bonds. The zero-order valence-corrected chi connectivity index (χ0v) is 10.8. The van der Waals surface area contributed by atoms with Gasteiger partial charge in [-0.05, 0) is 12.3 Å². The summed E-state index contributed by atoms with van der Waals surface area (Å²) < 4.78 is 36.6. The van der Waals surface area contributed by atoms with Crippen molar-refractivity contribution in [2.24, 2.45) is 16.6 Å². The van der Waals surface area contributed by atoms with Gasteiger partial charge in [-0.1, -0.05) is 13.8 Å². The molecule has 4 nitrogen and oxygen atoms in total. The smallest absolute Gasteiger partial charge is 0.370 e. The van der Waals surface area contributed by atoms with Crippen LogP contribution in [-0.4, -0.2) is 49.3 Å². The Kier molecular flexibility index (Phi) is 5.25. The van der Waals surface area contributed by atoms with E-state index >= 15 is 0 Å². The summed E-state index contributed by atoms with van der Waals surface area (Å²) in [6, 6.07) is -0.0386. The largest absolute Gasteiger partial charge is 0.401 e. The second-order valence-corrected chi connectivity index (χ2v) is 5.10. The SMILES string of the molecule is CC(C)CN=C(N)NC1CCN(CC(F)(F)F)C1. The van der Waals surface area contributed by atoms with Crippen LogP contribution in [0.25, 0.3) is 0 Å². The Morgan fingerprint density at radius 1 is 1.50 bits per heavy atom. The summed E-state index contributed by atoms with van der Waals surface area (Å²) >= 11 is 0. The van der Waals surface area contributed by atoms with Crippen LogP contribution in [0.3, 0.4) is 0 Å².